The number of allylic oxidation sites excluding steroid dienone is 1. The van der Waals surface area contributed by atoms with Gasteiger partial charge in [-0.05, 0) is 30.4 Å². The largest absolute Gasteiger partial charge is 0.261 e. The van der Waals surface area contributed by atoms with Crippen LogP contribution in [0, 0.1) is 0 Å². The van der Waals surface area contributed by atoms with Gasteiger partial charge < -0.3 is 0 Å². The van der Waals surface area contributed by atoms with Crippen LogP contribution < -0.4 is 0 Å². The van der Waals surface area contributed by atoms with Crippen LogP contribution in [0.2, 0.25) is 0 Å². The van der Waals surface area contributed by atoms with Crippen LogP contribution in [0.5, 0.6) is 0 Å². The topological polar surface area (TPSA) is 12.4 Å². The van der Waals surface area contributed by atoms with Gasteiger partial charge >= 0.3 is 0 Å². The molecule has 13 heavy (non-hydrogen) atoms. The highest BCUT2D eigenvalue weighted by Crippen LogP contribution is 2.37. The van der Waals surface area contributed by atoms with Crippen LogP contribution in [0.15, 0.2) is 34.8 Å². The second kappa shape index (κ2) is 2.56. The number of nitrogens with zero attached hydrogens (tertiary/aromatic N) is 1. The smallest absolute Gasteiger partial charge is 0.0696 e. The molecular formula is C12H11N. The summed E-state index contributed by atoms with van der Waals surface area (Å²) in [4.78, 5) is 4.49. The van der Waals surface area contributed by atoms with E-state index < -0.39 is 0 Å². The predicted molar refractivity (Wildman–Crippen MR) is 54.8 cm³/mol. The summed E-state index contributed by atoms with van der Waals surface area (Å²) in [7, 11) is 0. The summed E-state index contributed by atoms with van der Waals surface area (Å²) < 4.78 is 0. The quantitative estimate of drug-likeness (QED) is 0.566. The fourth-order valence-electron chi connectivity index (χ4n) is 2.17. The number of fused-ring (bicyclic) bond motifs is 2. The van der Waals surface area contributed by atoms with Gasteiger partial charge in [0.2, 0.25) is 0 Å². The Balaban J connectivity index is 2.18. The van der Waals surface area contributed by atoms with Crippen molar-refractivity contribution >= 4 is 11.9 Å². The van der Waals surface area contributed by atoms with E-state index in [4.69, 9.17) is 0 Å². The average molecular weight is 169 g/mol. The zero-order valence-corrected chi connectivity index (χ0v) is 7.46. The molecule has 1 aromatic rings. The van der Waals surface area contributed by atoms with Gasteiger partial charge in [-0.15, -0.1) is 0 Å². The zero-order valence-electron chi connectivity index (χ0n) is 7.46. The molecule has 64 valence electrons. The molecule has 0 aromatic heterocycles. The van der Waals surface area contributed by atoms with Gasteiger partial charge in [0.15, 0.2) is 0 Å². The van der Waals surface area contributed by atoms with Crippen molar-refractivity contribution in [2.45, 2.75) is 19.3 Å². The van der Waals surface area contributed by atoms with Gasteiger partial charge in [0.25, 0.3) is 0 Å². The van der Waals surface area contributed by atoms with Crippen LogP contribution in [0.4, 0.5) is 0 Å². The molecule has 1 heteroatoms. The van der Waals surface area contributed by atoms with E-state index >= 15 is 0 Å². The lowest BCUT2D eigenvalue weighted by molar-refractivity contribution is 0.966. The molecule has 0 N–H and O–H groups in total. The molecule has 3 rings (SSSR count). The van der Waals surface area contributed by atoms with Crippen LogP contribution in [0.25, 0.3) is 5.70 Å². The molecule has 1 heterocycles. The summed E-state index contributed by atoms with van der Waals surface area (Å²) in [6, 6.07) is 8.60. The fraction of sp³-hybridized carbons (Fsp3) is 0.250. The lowest BCUT2D eigenvalue weighted by atomic mass is 10.1. The van der Waals surface area contributed by atoms with Crippen LogP contribution in [0.3, 0.4) is 0 Å². The first-order valence-corrected chi connectivity index (χ1v) is 4.78. The van der Waals surface area contributed by atoms with Crippen LogP contribution in [-0.4, -0.2) is 6.21 Å². The molecule has 0 fully saturated rings. The third-order valence-electron chi connectivity index (χ3n) is 2.81. The van der Waals surface area contributed by atoms with Gasteiger partial charge in [-0.1, -0.05) is 24.3 Å². The maximum atomic E-state index is 4.49. The van der Waals surface area contributed by atoms with Gasteiger partial charge in [-0.2, -0.15) is 0 Å². The van der Waals surface area contributed by atoms with Gasteiger partial charge in [0, 0.05) is 11.8 Å². The first-order chi connectivity index (χ1) is 6.45. The minimum absolute atomic E-state index is 1.12. The second-order valence-electron chi connectivity index (χ2n) is 3.64. The van der Waals surface area contributed by atoms with E-state index in [1.807, 2.05) is 6.21 Å². The first kappa shape index (κ1) is 7.07. The molecule has 1 aliphatic carbocycles. The monoisotopic (exact) mass is 169 g/mol. The Bertz CT molecular complexity index is 413. The molecular weight excluding hydrogens is 158 g/mol. The number of rotatable bonds is 0. The Morgan fingerprint density at radius 2 is 2.08 bits per heavy atom. The van der Waals surface area contributed by atoms with Crippen molar-refractivity contribution in [2.75, 3.05) is 0 Å². The van der Waals surface area contributed by atoms with Crippen molar-refractivity contribution in [2.24, 2.45) is 4.99 Å². The lowest BCUT2D eigenvalue weighted by Gasteiger charge is -2.06. The third kappa shape index (κ3) is 0.966. The Kier molecular flexibility index (Phi) is 1.39. The molecule has 0 unspecified atom stereocenters. The number of aliphatic imine (C=N–C) groups is 1. The van der Waals surface area contributed by atoms with Crippen LogP contribution in [0.1, 0.15) is 24.0 Å². The number of hydrogen-bond donors (Lipinski definition) is 0. The molecule has 0 amide bonds. The van der Waals surface area contributed by atoms with E-state index in [1.54, 1.807) is 0 Å². The first-order valence-electron chi connectivity index (χ1n) is 4.78. The molecule has 0 bridgehead atoms. The Hall–Kier alpha value is -1.37. The van der Waals surface area contributed by atoms with Crippen molar-refractivity contribution in [3.63, 3.8) is 0 Å². The maximum absolute atomic E-state index is 4.49. The SMILES string of the molecule is C1=NC2=C(CC1)Cc1ccccc12. The summed E-state index contributed by atoms with van der Waals surface area (Å²) >= 11 is 0. The Morgan fingerprint density at radius 1 is 1.15 bits per heavy atom. The highest BCUT2D eigenvalue weighted by atomic mass is 14.8. The molecule has 0 radical (unpaired) electrons. The molecule has 0 saturated carbocycles. The molecule has 0 saturated heterocycles. The molecule has 0 atom stereocenters. The minimum atomic E-state index is 1.12. The Morgan fingerprint density at radius 3 is 3.08 bits per heavy atom. The third-order valence-corrected chi connectivity index (χ3v) is 2.81. The van der Waals surface area contributed by atoms with Gasteiger partial charge in [0.05, 0.1) is 5.70 Å². The molecule has 0 spiro atoms. The molecule has 1 nitrogen and oxygen atoms in total. The Labute approximate surface area is 77.8 Å². The standard InChI is InChI=1S/C12H11N/c1-2-6-11-9(4-1)8-10-5-3-7-13-12(10)11/h1-2,4,6-7H,3,5,8H2. The highest BCUT2D eigenvalue weighted by Gasteiger charge is 2.21. The molecule has 2 aliphatic rings. The maximum Gasteiger partial charge on any atom is 0.0696 e. The molecule has 1 aromatic carbocycles. The van der Waals surface area contributed by atoms with Gasteiger partial charge in [-0.3, -0.25) is 4.99 Å². The van der Waals surface area contributed by atoms with E-state index in [9.17, 15) is 0 Å². The van der Waals surface area contributed by atoms with Gasteiger partial charge in [0.1, 0.15) is 0 Å². The summed E-state index contributed by atoms with van der Waals surface area (Å²) in [5, 5.41) is 0. The fourth-order valence-corrected chi connectivity index (χ4v) is 2.17. The van der Waals surface area contributed by atoms with Crippen molar-refractivity contribution in [1.29, 1.82) is 0 Å². The van der Waals surface area contributed by atoms with E-state index in [2.05, 4.69) is 29.3 Å². The van der Waals surface area contributed by atoms with Gasteiger partial charge in [-0.25, -0.2) is 0 Å². The van der Waals surface area contributed by atoms with Crippen LogP contribution in [-0.2, 0) is 6.42 Å². The van der Waals surface area contributed by atoms with Crippen molar-refractivity contribution in [3.8, 4) is 0 Å². The van der Waals surface area contributed by atoms with Crippen molar-refractivity contribution in [3.05, 3.63) is 41.0 Å². The van der Waals surface area contributed by atoms with E-state index in [-0.39, 0.29) is 0 Å². The minimum Gasteiger partial charge on any atom is -0.261 e. The lowest BCUT2D eigenvalue weighted by Crippen LogP contribution is -1.91. The highest BCUT2D eigenvalue weighted by molar-refractivity contribution is 5.83. The summed E-state index contributed by atoms with van der Waals surface area (Å²) in [5.74, 6) is 0. The van der Waals surface area contributed by atoms with E-state index in [1.165, 1.54) is 28.8 Å². The second-order valence-corrected chi connectivity index (χ2v) is 3.64. The van der Waals surface area contributed by atoms with E-state index in [0.717, 1.165) is 12.8 Å². The van der Waals surface area contributed by atoms with Crippen LogP contribution >= 0.6 is 0 Å². The number of hydrogen-bond acceptors (Lipinski definition) is 1. The number of benzene rings is 1. The summed E-state index contributed by atoms with van der Waals surface area (Å²) in [5.41, 5.74) is 5.59. The van der Waals surface area contributed by atoms with Crippen molar-refractivity contribution in [1.82, 2.24) is 0 Å². The molecule has 1 aliphatic heterocycles. The predicted octanol–water partition coefficient (Wildman–Crippen LogP) is 2.82. The van der Waals surface area contributed by atoms with Crippen molar-refractivity contribution < 1.29 is 0 Å². The summed E-state index contributed by atoms with van der Waals surface area (Å²) in [6.45, 7) is 0. The normalized spacial score (nSPS) is 18.8. The van der Waals surface area contributed by atoms with E-state index in [0.29, 0.717) is 0 Å². The average Bonchev–Trinajstić information content (AvgIpc) is 2.56. The zero-order chi connectivity index (χ0) is 8.67. The summed E-state index contributed by atoms with van der Waals surface area (Å²) in [6.07, 6.45) is 5.49.